The Morgan fingerprint density at radius 1 is 0.543 bits per heavy atom. The van der Waals surface area contributed by atoms with E-state index >= 15 is 0 Å². The molecule has 6 aromatic rings. The van der Waals surface area contributed by atoms with Crippen molar-refractivity contribution in [2.45, 2.75) is 83.5 Å². The van der Waals surface area contributed by atoms with Crippen LogP contribution in [0.2, 0.25) is 0 Å². The molecule has 0 amide bonds. The van der Waals surface area contributed by atoms with Crippen molar-refractivity contribution in [3.8, 4) is 0 Å². The van der Waals surface area contributed by atoms with Gasteiger partial charge in [0.05, 0.1) is 6.42 Å². The fourth-order valence-electron chi connectivity index (χ4n) is 7.17. The molecule has 6 aromatic carbocycles. The number of hydrogen-bond acceptors (Lipinski definition) is 3. The van der Waals surface area contributed by atoms with Crippen LogP contribution in [0.15, 0.2) is 109 Å². The third-order valence-electron chi connectivity index (χ3n) is 9.48. The lowest BCUT2D eigenvalue weighted by atomic mass is 9.85. The van der Waals surface area contributed by atoms with Gasteiger partial charge in [-0.1, -0.05) is 130 Å². The smallest absolute Gasteiger partial charge is 0.313 e. The molecule has 0 radical (unpaired) electrons. The summed E-state index contributed by atoms with van der Waals surface area (Å²) in [6.07, 6.45) is 9.75. The number of unbranched alkanes of at least 4 members (excludes halogenated alkanes) is 4. The van der Waals surface area contributed by atoms with E-state index in [4.69, 9.17) is 4.74 Å². The number of rotatable bonds is 14. The fraction of sp³-hybridized carbons (Fsp3) is 0.302. The molecule has 0 heterocycles. The summed E-state index contributed by atoms with van der Waals surface area (Å²) < 4.78 is 5.22. The maximum absolute atomic E-state index is 12.6. The van der Waals surface area contributed by atoms with Gasteiger partial charge in [-0.3, -0.25) is 9.59 Å². The third kappa shape index (κ3) is 7.48. The SMILES string of the molecule is CCCC(CCCCCCCC(=O)OC(=O)CCc1c2ccccc2cc2ccccc12)c1cccc2cc3ccccc3cc12. The Morgan fingerprint density at radius 2 is 1.09 bits per heavy atom. The highest BCUT2D eigenvalue weighted by Gasteiger charge is 2.16. The van der Waals surface area contributed by atoms with Gasteiger partial charge in [-0.15, -0.1) is 0 Å². The van der Waals surface area contributed by atoms with E-state index in [1.165, 1.54) is 52.8 Å². The van der Waals surface area contributed by atoms with Gasteiger partial charge in [-0.25, -0.2) is 0 Å². The van der Waals surface area contributed by atoms with Crippen molar-refractivity contribution < 1.29 is 14.3 Å². The highest BCUT2D eigenvalue weighted by atomic mass is 16.6. The van der Waals surface area contributed by atoms with Crippen molar-refractivity contribution in [3.05, 3.63) is 120 Å². The Balaban J connectivity index is 0.939. The number of carbonyl (C=O) groups excluding carboxylic acids is 2. The van der Waals surface area contributed by atoms with Crippen LogP contribution < -0.4 is 0 Å². The molecule has 0 spiro atoms. The van der Waals surface area contributed by atoms with E-state index in [0.717, 1.165) is 52.8 Å². The van der Waals surface area contributed by atoms with Crippen molar-refractivity contribution in [2.24, 2.45) is 0 Å². The number of fused-ring (bicyclic) bond motifs is 4. The van der Waals surface area contributed by atoms with Crippen molar-refractivity contribution >= 4 is 55.0 Å². The molecule has 0 saturated heterocycles. The number of hydrogen-bond donors (Lipinski definition) is 0. The van der Waals surface area contributed by atoms with Crippen LogP contribution in [0.25, 0.3) is 43.1 Å². The fourth-order valence-corrected chi connectivity index (χ4v) is 7.17. The van der Waals surface area contributed by atoms with Crippen LogP contribution in [-0.4, -0.2) is 11.9 Å². The Hall–Kier alpha value is -4.50. The zero-order chi connectivity index (χ0) is 31.7. The predicted octanol–water partition coefficient (Wildman–Crippen LogP) is 11.6. The van der Waals surface area contributed by atoms with E-state index in [-0.39, 0.29) is 6.42 Å². The monoisotopic (exact) mass is 608 g/mol. The van der Waals surface area contributed by atoms with E-state index in [1.807, 2.05) is 24.3 Å². The van der Waals surface area contributed by atoms with Gasteiger partial charge in [0.2, 0.25) is 0 Å². The molecule has 3 heteroatoms. The Bertz CT molecular complexity index is 1920. The van der Waals surface area contributed by atoms with Gasteiger partial charge in [0.25, 0.3) is 0 Å². The summed E-state index contributed by atoms with van der Waals surface area (Å²) in [7, 11) is 0. The molecule has 1 atom stereocenters. The van der Waals surface area contributed by atoms with Gasteiger partial charge < -0.3 is 4.74 Å². The zero-order valence-corrected chi connectivity index (χ0v) is 27.0. The molecule has 46 heavy (non-hydrogen) atoms. The molecule has 0 fully saturated rings. The molecular formula is C43H44O3. The maximum Gasteiger partial charge on any atom is 0.313 e. The van der Waals surface area contributed by atoms with E-state index in [0.29, 0.717) is 18.8 Å². The molecule has 0 N–H and O–H groups in total. The summed E-state index contributed by atoms with van der Waals surface area (Å²) in [5.41, 5.74) is 2.61. The second-order valence-corrected chi connectivity index (χ2v) is 12.7. The van der Waals surface area contributed by atoms with Gasteiger partial charge in [-0.05, 0) is 104 Å². The summed E-state index contributed by atoms with van der Waals surface area (Å²) in [4.78, 5) is 25.1. The van der Waals surface area contributed by atoms with Crippen LogP contribution in [0.1, 0.15) is 88.2 Å². The van der Waals surface area contributed by atoms with Gasteiger partial charge in [0, 0.05) is 6.42 Å². The number of ether oxygens (including phenoxy) is 1. The number of esters is 2. The van der Waals surface area contributed by atoms with Crippen LogP contribution in [0, 0.1) is 0 Å². The Kier molecular flexibility index (Phi) is 10.4. The normalized spacial score (nSPS) is 12.2. The van der Waals surface area contributed by atoms with Crippen LogP contribution in [0.4, 0.5) is 0 Å². The first-order chi connectivity index (χ1) is 22.6. The highest BCUT2D eigenvalue weighted by molar-refractivity contribution is 6.03. The van der Waals surface area contributed by atoms with Crippen molar-refractivity contribution in [1.82, 2.24) is 0 Å². The lowest BCUT2D eigenvalue weighted by Gasteiger charge is -2.19. The second-order valence-electron chi connectivity index (χ2n) is 12.7. The molecular weight excluding hydrogens is 564 g/mol. The summed E-state index contributed by atoms with van der Waals surface area (Å²) >= 11 is 0. The first kappa shape index (κ1) is 31.5. The summed E-state index contributed by atoms with van der Waals surface area (Å²) in [5.74, 6) is -0.285. The van der Waals surface area contributed by atoms with Crippen molar-refractivity contribution in [1.29, 1.82) is 0 Å². The second kappa shape index (κ2) is 15.2. The van der Waals surface area contributed by atoms with E-state index in [2.05, 4.69) is 91.9 Å². The summed E-state index contributed by atoms with van der Waals surface area (Å²) in [6, 6.07) is 38.8. The minimum atomic E-state index is -0.439. The average Bonchev–Trinajstić information content (AvgIpc) is 3.08. The Labute approximate surface area is 272 Å². The molecule has 3 nitrogen and oxygen atoms in total. The molecule has 0 bridgehead atoms. The Morgan fingerprint density at radius 3 is 1.80 bits per heavy atom. The number of benzene rings is 6. The lowest BCUT2D eigenvalue weighted by molar-refractivity contribution is -0.159. The van der Waals surface area contributed by atoms with Crippen molar-refractivity contribution in [3.63, 3.8) is 0 Å². The highest BCUT2D eigenvalue weighted by Crippen LogP contribution is 2.35. The minimum Gasteiger partial charge on any atom is -0.393 e. The summed E-state index contributed by atoms with van der Waals surface area (Å²) in [5, 5.41) is 9.91. The van der Waals surface area contributed by atoms with E-state index in [1.54, 1.807) is 0 Å². The topological polar surface area (TPSA) is 43.4 Å². The number of carbonyl (C=O) groups is 2. The molecule has 0 aliphatic carbocycles. The van der Waals surface area contributed by atoms with Gasteiger partial charge >= 0.3 is 11.9 Å². The number of aryl methyl sites for hydroxylation is 1. The zero-order valence-electron chi connectivity index (χ0n) is 27.0. The first-order valence-electron chi connectivity index (χ1n) is 17.1. The standard InChI is InChI=1S/C43H44O3/c1-2-15-31(37-24-14-21-36-28-32-17-8-9-18-33(32)30-41(36)37)16-6-4-3-5-7-25-42(44)46-43(45)27-26-40-38-22-12-10-19-34(38)29-35-20-11-13-23-39(35)40/h8-14,17-24,28-31H,2-7,15-16,25-27H2,1H3. The maximum atomic E-state index is 12.6. The van der Waals surface area contributed by atoms with Gasteiger partial charge in [0.1, 0.15) is 0 Å². The molecule has 0 aliphatic rings. The average molecular weight is 609 g/mol. The van der Waals surface area contributed by atoms with Crippen LogP contribution in [0.3, 0.4) is 0 Å². The van der Waals surface area contributed by atoms with Gasteiger partial charge in [-0.2, -0.15) is 0 Å². The van der Waals surface area contributed by atoms with Gasteiger partial charge in [0.15, 0.2) is 0 Å². The third-order valence-corrected chi connectivity index (χ3v) is 9.48. The van der Waals surface area contributed by atoms with Crippen LogP contribution in [-0.2, 0) is 20.7 Å². The first-order valence-corrected chi connectivity index (χ1v) is 17.1. The summed E-state index contributed by atoms with van der Waals surface area (Å²) in [6.45, 7) is 2.28. The molecule has 234 valence electrons. The van der Waals surface area contributed by atoms with Crippen LogP contribution >= 0.6 is 0 Å². The lowest BCUT2D eigenvalue weighted by Crippen LogP contribution is -2.13. The minimum absolute atomic E-state index is 0.190. The van der Waals surface area contributed by atoms with Crippen molar-refractivity contribution in [2.75, 3.05) is 0 Å². The molecule has 0 aliphatic heterocycles. The molecule has 6 rings (SSSR count). The quantitative estimate of drug-likeness (QED) is 0.0535. The van der Waals surface area contributed by atoms with Crippen LogP contribution in [0.5, 0.6) is 0 Å². The molecule has 1 unspecified atom stereocenters. The van der Waals surface area contributed by atoms with E-state index < -0.39 is 11.9 Å². The van der Waals surface area contributed by atoms with E-state index in [9.17, 15) is 9.59 Å². The molecule has 0 aromatic heterocycles. The largest absolute Gasteiger partial charge is 0.393 e. The molecule has 0 saturated carbocycles. The predicted molar refractivity (Wildman–Crippen MR) is 192 cm³/mol.